The first-order chi connectivity index (χ1) is 7.58. The van der Waals surface area contributed by atoms with Crippen LogP contribution in [0.25, 0.3) is 0 Å². The number of nitrogens with two attached hydrogens (primary N) is 1. The Bertz CT molecular complexity index is 514. The highest BCUT2D eigenvalue weighted by atomic mass is 79.9. The molecule has 2 N–H and O–H groups in total. The van der Waals surface area contributed by atoms with Crippen molar-refractivity contribution in [1.29, 1.82) is 0 Å². The zero-order valence-corrected chi connectivity index (χ0v) is 10.4. The fourth-order valence-corrected chi connectivity index (χ4v) is 2.01. The van der Waals surface area contributed by atoms with Crippen molar-refractivity contribution < 1.29 is 8.81 Å². The summed E-state index contributed by atoms with van der Waals surface area (Å²) in [5, 5.41) is 0.292. The van der Waals surface area contributed by atoms with Gasteiger partial charge in [0.1, 0.15) is 11.6 Å². The SMILES string of the molecule is NC(c1ccc(Br)o1)c1ccc(F)cc1Cl. The first-order valence-corrected chi connectivity index (χ1v) is 5.71. The minimum atomic E-state index is -0.501. The van der Waals surface area contributed by atoms with E-state index in [2.05, 4.69) is 15.9 Å². The lowest BCUT2D eigenvalue weighted by atomic mass is 10.1. The topological polar surface area (TPSA) is 39.2 Å². The van der Waals surface area contributed by atoms with Gasteiger partial charge in [-0.25, -0.2) is 4.39 Å². The van der Waals surface area contributed by atoms with E-state index >= 15 is 0 Å². The summed E-state index contributed by atoms with van der Waals surface area (Å²) in [6.07, 6.45) is 0. The number of hydrogen-bond acceptors (Lipinski definition) is 2. The van der Waals surface area contributed by atoms with Crippen LogP contribution in [-0.2, 0) is 0 Å². The fourth-order valence-electron chi connectivity index (χ4n) is 1.40. The Morgan fingerprint density at radius 3 is 2.62 bits per heavy atom. The average molecular weight is 305 g/mol. The van der Waals surface area contributed by atoms with Crippen LogP contribution >= 0.6 is 27.5 Å². The molecule has 1 unspecified atom stereocenters. The molecule has 0 aliphatic rings. The summed E-state index contributed by atoms with van der Waals surface area (Å²) in [6.45, 7) is 0. The molecular weight excluding hydrogens is 296 g/mol. The van der Waals surface area contributed by atoms with Gasteiger partial charge in [-0.1, -0.05) is 17.7 Å². The van der Waals surface area contributed by atoms with E-state index in [1.807, 2.05) is 0 Å². The van der Waals surface area contributed by atoms with Gasteiger partial charge in [0.15, 0.2) is 4.67 Å². The molecule has 2 nitrogen and oxygen atoms in total. The second-order valence-corrected chi connectivity index (χ2v) is 4.47. The molecule has 84 valence electrons. The van der Waals surface area contributed by atoms with Gasteiger partial charge in [-0.3, -0.25) is 0 Å². The van der Waals surface area contributed by atoms with Gasteiger partial charge in [-0.2, -0.15) is 0 Å². The molecule has 16 heavy (non-hydrogen) atoms. The van der Waals surface area contributed by atoms with E-state index < -0.39 is 6.04 Å². The zero-order valence-electron chi connectivity index (χ0n) is 8.08. The van der Waals surface area contributed by atoms with Crippen molar-refractivity contribution in [3.8, 4) is 0 Å². The van der Waals surface area contributed by atoms with Gasteiger partial charge in [-0.05, 0) is 45.8 Å². The van der Waals surface area contributed by atoms with E-state index in [0.717, 1.165) is 0 Å². The van der Waals surface area contributed by atoms with E-state index in [1.165, 1.54) is 12.1 Å². The Morgan fingerprint density at radius 1 is 1.31 bits per heavy atom. The fraction of sp³-hybridized carbons (Fsp3) is 0.0909. The van der Waals surface area contributed by atoms with Crippen molar-refractivity contribution in [2.24, 2.45) is 5.73 Å². The van der Waals surface area contributed by atoms with Crippen LogP contribution in [0.3, 0.4) is 0 Å². The van der Waals surface area contributed by atoms with Gasteiger partial charge >= 0.3 is 0 Å². The third-order valence-electron chi connectivity index (χ3n) is 2.20. The molecule has 5 heteroatoms. The van der Waals surface area contributed by atoms with Gasteiger partial charge < -0.3 is 10.2 Å². The molecule has 1 atom stereocenters. The van der Waals surface area contributed by atoms with Crippen LogP contribution in [0, 0.1) is 5.82 Å². The maximum atomic E-state index is 12.9. The molecule has 2 aromatic rings. The molecule has 1 aromatic carbocycles. The largest absolute Gasteiger partial charge is 0.452 e. The lowest BCUT2D eigenvalue weighted by Crippen LogP contribution is -2.11. The first-order valence-electron chi connectivity index (χ1n) is 4.53. The quantitative estimate of drug-likeness (QED) is 0.914. The van der Waals surface area contributed by atoms with Crippen LogP contribution in [0.1, 0.15) is 17.4 Å². The number of furan rings is 1. The zero-order chi connectivity index (χ0) is 11.7. The standard InChI is InChI=1S/C11H8BrClFNO/c12-10-4-3-9(16-10)11(15)7-2-1-6(14)5-8(7)13/h1-5,11H,15H2. The summed E-state index contributed by atoms with van der Waals surface area (Å²) >= 11 is 9.10. The van der Waals surface area contributed by atoms with E-state index in [4.69, 9.17) is 21.8 Å². The van der Waals surface area contributed by atoms with Crippen molar-refractivity contribution in [1.82, 2.24) is 0 Å². The summed E-state index contributed by atoms with van der Waals surface area (Å²) < 4.78 is 18.8. The van der Waals surface area contributed by atoms with Crippen molar-refractivity contribution in [3.05, 3.63) is 57.2 Å². The smallest absolute Gasteiger partial charge is 0.169 e. The second-order valence-electron chi connectivity index (χ2n) is 3.29. The Hall–Kier alpha value is -0.840. The van der Waals surface area contributed by atoms with Crippen molar-refractivity contribution in [2.45, 2.75) is 6.04 Å². The van der Waals surface area contributed by atoms with E-state index in [1.54, 1.807) is 18.2 Å². The lowest BCUT2D eigenvalue weighted by Gasteiger charge is -2.10. The number of halogens is 3. The Kier molecular flexibility index (Phi) is 3.33. The molecule has 0 saturated carbocycles. The van der Waals surface area contributed by atoms with Crippen LogP contribution in [0.4, 0.5) is 4.39 Å². The predicted molar refractivity (Wildman–Crippen MR) is 63.8 cm³/mol. The maximum absolute atomic E-state index is 12.9. The molecule has 0 bridgehead atoms. The maximum Gasteiger partial charge on any atom is 0.169 e. The van der Waals surface area contributed by atoms with E-state index in [-0.39, 0.29) is 5.82 Å². The van der Waals surface area contributed by atoms with Gasteiger partial charge in [0, 0.05) is 5.02 Å². The molecule has 1 heterocycles. The van der Waals surface area contributed by atoms with Gasteiger partial charge in [0.25, 0.3) is 0 Å². The molecule has 0 fully saturated rings. The lowest BCUT2D eigenvalue weighted by molar-refractivity contribution is 0.470. The second kappa shape index (κ2) is 4.57. The summed E-state index contributed by atoms with van der Waals surface area (Å²) in [7, 11) is 0. The van der Waals surface area contributed by atoms with Crippen molar-refractivity contribution in [3.63, 3.8) is 0 Å². The molecule has 0 aliphatic carbocycles. The first kappa shape index (κ1) is 11.6. The number of hydrogen-bond donors (Lipinski definition) is 1. The summed E-state index contributed by atoms with van der Waals surface area (Å²) in [6, 6.07) is 7.09. The normalized spacial score (nSPS) is 12.8. The third kappa shape index (κ3) is 2.29. The number of rotatable bonds is 2. The van der Waals surface area contributed by atoms with Crippen molar-refractivity contribution in [2.75, 3.05) is 0 Å². The Balaban J connectivity index is 2.37. The molecule has 0 saturated heterocycles. The molecule has 0 aliphatic heterocycles. The minimum absolute atomic E-state index is 0.292. The highest BCUT2D eigenvalue weighted by Gasteiger charge is 2.16. The van der Waals surface area contributed by atoms with Crippen molar-refractivity contribution >= 4 is 27.5 Å². The van der Waals surface area contributed by atoms with Crippen LogP contribution in [0.5, 0.6) is 0 Å². The van der Waals surface area contributed by atoms with Crippen LogP contribution in [-0.4, -0.2) is 0 Å². The monoisotopic (exact) mass is 303 g/mol. The van der Waals surface area contributed by atoms with Gasteiger partial charge in [-0.15, -0.1) is 0 Å². The average Bonchev–Trinajstić information content (AvgIpc) is 2.64. The Morgan fingerprint density at radius 2 is 2.06 bits per heavy atom. The van der Waals surface area contributed by atoms with Gasteiger partial charge in [0.05, 0.1) is 6.04 Å². The van der Waals surface area contributed by atoms with E-state index in [0.29, 0.717) is 21.0 Å². The van der Waals surface area contributed by atoms with Gasteiger partial charge in [0.2, 0.25) is 0 Å². The molecule has 2 rings (SSSR count). The van der Waals surface area contributed by atoms with Crippen LogP contribution in [0.15, 0.2) is 39.4 Å². The highest BCUT2D eigenvalue weighted by Crippen LogP contribution is 2.29. The minimum Gasteiger partial charge on any atom is -0.452 e. The molecule has 0 amide bonds. The van der Waals surface area contributed by atoms with Crippen LogP contribution < -0.4 is 5.73 Å². The Labute approximate surface area is 105 Å². The predicted octanol–water partition coefficient (Wildman–Crippen LogP) is 3.88. The van der Waals surface area contributed by atoms with Crippen LogP contribution in [0.2, 0.25) is 5.02 Å². The van der Waals surface area contributed by atoms with E-state index in [9.17, 15) is 4.39 Å². The highest BCUT2D eigenvalue weighted by molar-refractivity contribution is 9.10. The molecule has 0 radical (unpaired) electrons. The summed E-state index contributed by atoms with van der Waals surface area (Å²) in [5.41, 5.74) is 6.59. The molecular formula is C11H8BrClFNO. The molecule has 1 aromatic heterocycles. The summed E-state index contributed by atoms with van der Waals surface area (Å²) in [4.78, 5) is 0. The number of benzene rings is 1. The molecule has 0 spiro atoms. The summed E-state index contributed by atoms with van der Waals surface area (Å²) in [5.74, 6) is 0.182. The third-order valence-corrected chi connectivity index (χ3v) is 2.95.